The molecule has 19 heavy (non-hydrogen) atoms. The number of nitrogens with zero attached hydrogens (tertiary/aromatic N) is 3. The second kappa shape index (κ2) is 5.47. The van der Waals surface area contributed by atoms with Crippen LogP contribution in [0.3, 0.4) is 0 Å². The predicted molar refractivity (Wildman–Crippen MR) is 76.6 cm³/mol. The Balaban J connectivity index is 2.12. The van der Waals surface area contributed by atoms with Gasteiger partial charge in [0, 0.05) is 25.0 Å². The Bertz CT molecular complexity index is 464. The Kier molecular flexibility index (Phi) is 3.93. The van der Waals surface area contributed by atoms with E-state index in [9.17, 15) is 0 Å². The highest BCUT2D eigenvalue weighted by Crippen LogP contribution is 2.35. The van der Waals surface area contributed by atoms with Gasteiger partial charge in [-0.05, 0) is 30.4 Å². The molecule has 5 heteroatoms. The van der Waals surface area contributed by atoms with Crippen LogP contribution in [0.25, 0.3) is 0 Å². The summed E-state index contributed by atoms with van der Waals surface area (Å²) in [6, 6.07) is 3.85. The van der Waals surface area contributed by atoms with Crippen molar-refractivity contribution in [1.29, 1.82) is 0 Å². The summed E-state index contributed by atoms with van der Waals surface area (Å²) in [4.78, 5) is 6.45. The Hall–Kier alpha value is -1.78. The van der Waals surface area contributed by atoms with Crippen molar-refractivity contribution >= 4 is 11.5 Å². The van der Waals surface area contributed by atoms with Crippen LogP contribution in [0.5, 0.6) is 0 Å². The van der Waals surface area contributed by atoms with Crippen molar-refractivity contribution < 1.29 is 5.21 Å². The van der Waals surface area contributed by atoms with Crippen LogP contribution in [0.1, 0.15) is 38.8 Å². The molecule has 0 bridgehead atoms. The van der Waals surface area contributed by atoms with E-state index < -0.39 is 0 Å². The summed E-state index contributed by atoms with van der Waals surface area (Å²) in [5, 5.41) is 11.7. The lowest BCUT2D eigenvalue weighted by atomic mass is 9.78. The van der Waals surface area contributed by atoms with E-state index in [1.54, 1.807) is 6.20 Å². The van der Waals surface area contributed by atoms with Crippen LogP contribution < -0.4 is 10.6 Å². The van der Waals surface area contributed by atoms with Gasteiger partial charge in [-0.2, -0.15) is 0 Å². The summed E-state index contributed by atoms with van der Waals surface area (Å²) in [7, 11) is 0. The van der Waals surface area contributed by atoms with E-state index in [2.05, 4.69) is 28.9 Å². The van der Waals surface area contributed by atoms with E-state index in [1.165, 1.54) is 19.3 Å². The highest BCUT2D eigenvalue weighted by molar-refractivity contribution is 5.95. The molecule has 1 fully saturated rings. The fourth-order valence-corrected chi connectivity index (χ4v) is 2.47. The predicted octanol–water partition coefficient (Wildman–Crippen LogP) is 2.19. The minimum absolute atomic E-state index is 0.0530. The molecule has 1 saturated heterocycles. The van der Waals surface area contributed by atoms with Gasteiger partial charge in [0.15, 0.2) is 5.84 Å². The van der Waals surface area contributed by atoms with Gasteiger partial charge in [0.2, 0.25) is 0 Å². The number of hydrogen-bond acceptors (Lipinski definition) is 4. The lowest BCUT2D eigenvalue weighted by Crippen LogP contribution is -2.38. The first kappa shape index (κ1) is 13.6. The van der Waals surface area contributed by atoms with Crippen molar-refractivity contribution in [2.45, 2.75) is 33.1 Å². The molecule has 1 aliphatic rings. The van der Waals surface area contributed by atoms with Gasteiger partial charge in [0.05, 0.1) is 0 Å². The molecule has 0 aliphatic carbocycles. The largest absolute Gasteiger partial charge is 0.409 e. The molecule has 104 valence electrons. The van der Waals surface area contributed by atoms with Crippen molar-refractivity contribution in [3.63, 3.8) is 0 Å². The molecule has 1 aliphatic heterocycles. The summed E-state index contributed by atoms with van der Waals surface area (Å²) >= 11 is 0. The quantitative estimate of drug-likeness (QED) is 0.379. The second-order valence-electron chi connectivity index (χ2n) is 5.54. The SMILES string of the molecule is CCC1(C)CCN(c2ccnc(C(N)=NO)c2)CC1. The molecule has 5 nitrogen and oxygen atoms in total. The number of anilines is 1. The van der Waals surface area contributed by atoms with Crippen LogP contribution in [0.4, 0.5) is 5.69 Å². The maximum atomic E-state index is 8.70. The topological polar surface area (TPSA) is 74.7 Å². The van der Waals surface area contributed by atoms with E-state index in [0.717, 1.165) is 18.8 Å². The molecule has 1 aromatic heterocycles. The third-order valence-corrected chi connectivity index (χ3v) is 4.30. The lowest BCUT2D eigenvalue weighted by molar-refractivity contribution is 0.238. The molecule has 0 amide bonds. The van der Waals surface area contributed by atoms with Crippen molar-refractivity contribution in [2.75, 3.05) is 18.0 Å². The van der Waals surface area contributed by atoms with E-state index in [4.69, 9.17) is 10.9 Å². The molecule has 1 aromatic rings. The zero-order valence-electron chi connectivity index (χ0n) is 11.6. The van der Waals surface area contributed by atoms with Gasteiger partial charge in [-0.1, -0.05) is 25.4 Å². The highest BCUT2D eigenvalue weighted by atomic mass is 16.4. The lowest BCUT2D eigenvalue weighted by Gasteiger charge is -2.40. The third-order valence-electron chi connectivity index (χ3n) is 4.30. The maximum absolute atomic E-state index is 8.70. The van der Waals surface area contributed by atoms with E-state index in [1.807, 2.05) is 12.1 Å². The molecule has 0 radical (unpaired) electrons. The zero-order valence-corrected chi connectivity index (χ0v) is 11.6. The van der Waals surface area contributed by atoms with Crippen molar-refractivity contribution in [3.8, 4) is 0 Å². The number of rotatable bonds is 3. The first-order valence-corrected chi connectivity index (χ1v) is 6.77. The molecule has 0 aromatic carbocycles. The third kappa shape index (κ3) is 2.97. The molecular weight excluding hydrogens is 240 g/mol. The minimum Gasteiger partial charge on any atom is -0.409 e. The van der Waals surface area contributed by atoms with Gasteiger partial charge in [0.25, 0.3) is 0 Å². The Morgan fingerprint density at radius 2 is 2.21 bits per heavy atom. The zero-order chi connectivity index (χ0) is 13.9. The number of aromatic nitrogens is 1. The maximum Gasteiger partial charge on any atom is 0.188 e. The van der Waals surface area contributed by atoms with Crippen LogP contribution >= 0.6 is 0 Å². The molecule has 0 spiro atoms. The fraction of sp³-hybridized carbons (Fsp3) is 0.571. The Labute approximate surface area is 114 Å². The average Bonchev–Trinajstić information content (AvgIpc) is 2.47. The standard InChI is InChI=1S/C14H22N4O/c1-3-14(2)5-8-18(9-6-14)11-4-7-16-12(10-11)13(15)17-19/h4,7,10,19H,3,5-6,8-9H2,1-2H3,(H2,15,17). The Morgan fingerprint density at radius 3 is 2.79 bits per heavy atom. The molecule has 0 atom stereocenters. The fourth-order valence-electron chi connectivity index (χ4n) is 2.47. The van der Waals surface area contributed by atoms with Crippen LogP contribution in [0.2, 0.25) is 0 Å². The number of nitrogens with two attached hydrogens (primary N) is 1. The highest BCUT2D eigenvalue weighted by Gasteiger charge is 2.28. The van der Waals surface area contributed by atoms with Crippen molar-refractivity contribution in [2.24, 2.45) is 16.3 Å². The summed E-state index contributed by atoms with van der Waals surface area (Å²) in [5.41, 5.74) is 7.66. The normalized spacial score (nSPS) is 19.5. The molecule has 2 rings (SSSR count). The van der Waals surface area contributed by atoms with E-state index >= 15 is 0 Å². The van der Waals surface area contributed by atoms with Gasteiger partial charge in [-0.25, -0.2) is 0 Å². The van der Waals surface area contributed by atoms with Gasteiger partial charge >= 0.3 is 0 Å². The number of oxime groups is 1. The molecule has 0 unspecified atom stereocenters. The van der Waals surface area contributed by atoms with Gasteiger partial charge < -0.3 is 15.8 Å². The monoisotopic (exact) mass is 262 g/mol. The molecule has 0 saturated carbocycles. The van der Waals surface area contributed by atoms with Crippen molar-refractivity contribution in [3.05, 3.63) is 24.0 Å². The van der Waals surface area contributed by atoms with Crippen LogP contribution in [-0.2, 0) is 0 Å². The van der Waals surface area contributed by atoms with Gasteiger partial charge in [-0.3, -0.25) is 4.98 Å². The average molecular weight is 262 g/mol. The smallest absolute Gasteiger partial charge is 0.188 e. The first-order valence-electron chi connectivity index (χ1n) is 6.77. The van der Waals surface area contributed by atoms with Crippen LogP contribution in [0.15, 0.2) is 23.5 Å². The van der Waals surface area contributed by atoms with Crippen LogP contribution in [-0.4, -0.2) is 29.1 Å². The van der Waals surface area contributed by atoms with Gasteiger partial charge in [-0.15, -0.1) is 0 Å². The van der Waals surface area contributed by atoms with E-state index in [0.29, 0.717) is 11.1 Å². The first-order chi connectivity index (χ1) is 9.08. The summed E-state index contributed by atoms with van der Waals surface area (Å²) in [6.07, 6.45) is 5.33. The second-order valence-corrected chi connectivity index (χ2v) is 5.54. The Morgan fingerprint density at radius 1 is 1.53 bits per heavy atom. The number of pyridine rings is 1. The number of amidine groups is 1. The van der Waals surface area contributed by atoms with Crippen LogP contribution in [0, 0.1) is 5.41 Å². The van der Waals surface area contributed by atoms with E-state index in [-0.39, 0.29) is 5.84 Å². The van der Waals surface area contributed by atoms with Gasteiger partial charge in [0.1, 0.15) is 5.69 Å². The summed E-state index contributed by atoms with van der Waals surface area (Å²) < 4.78 is 0. The van der Waals surface area contributed by atoms with Crippen molar-refractivity contribution in [1.82, 2.24) is 4.98 Å². The number of hydrogen-bond donors (Lipinski definition) is 2. The molecular formula is C14H22N4O. The number of piperidine rings is 1. The molecule has 3 N–H and O–H groups in total. The summed E-state index contributed by atoms with van der Waals surface area (Å²) in [6.45, 7) is 6.71. The molecule has 2 heterocycles. The summed E-state index contributed by atoms with van der Waals surface area (Å²) in [5.74, 6) is 0.0530. The minimum atomic E-state index is 0.0530.